The first-order chi connectivity index (χ1) is 11.2. The van der Waals surface area contributed by atoms with Crippen LogP contribution in [-0.4, -0.2) is 9.52 Å². The van der Waals surface area contributed by atoms with Crippen LogP contribution in [0.15, 0.2) is 59.7 Å². The minimum Gasteiger partial charge on any atom is -0.0655 e. The lowest BCUT2D eigenvalue weighted by atomic mass is 9.98. The van der Waals surface area contributed by atoms with Crippen molar-refractivity contribution >= 4 is 21.7 Å². The van der Waals surface area contributed by atoms with Crippen LogP contribution in [0.5, 0.6) is 0 Å². The second-order valence-corrected chi connectivity index (χ2v) is 8.93. The molecule has 4 rings (SSSR count). The predicted molar refractivity (Wildman–Crippen MR) is 104 cm³/mol. The number of benzene rings is 2. The molecule has 0 saturated carbocycles. The van der Waals surface area contributed by atoms with Gasteiger partial charge in [0.15, 0.2) is 0 Å². The molecule has 0 N–H and O–H groups in total. The molecule has 2 unspecified atom stereocenters. The number of hydrogen-bond donors (Lipinski definition) is 0. The fourth-order valence-electron chi connectivity index (χ4n) is 4.39. The minimum atomic E-state index is -0.0718. The SMILES string of the molecule is CC1=Cc2ccccc2C1C[SiH2]CC1C(C)=Cc2ccccc21. The maximum Gasteiger partial charge on any atom is 0.0218 e. The van der Waals surface area contributed by atoms with Crippen molar-refractivity contribution in [2.75, 3.05) is 0 Å². The van der Waals surface area contributed by atoms with E-state index < -0.39 is 0 Å². The Hall–Kier alpha value is -1.86. The van der Waals surface area contributed by atoms with E-state index in [4.69, 9.17) is 0 Å². The molecule has 0 heterocycles. The molecular formula is C22H24Si. The van der Waals surface area contributed by atoms with E-state index in [1.807, 2.05) is 0 Å². The molecule has 0 aromatic heterocycles. The maximum atomic E-state index is 2.39. The van der Waals surface area contributed by atoms with E-state index in [9.17, 15) is 0 Å². The van der Waals surface area contributed by atoms with Crippen molar-refractivity contribution in [2.45, 2.75) is 37.8 Å². The summed E-state index contributed by atoms with van der Waals surface area (Å²) in [5.74, 6) is 1.39. The van der Waals surface area contributed by atoms with Crippen LogP contribution in [0.3, 0.4) is 0 Å². The van der Waals surface area contributed by atoms with Gasteiger partial charge in [-0.15, -0.1) is 0 Å². The zero-order valence-electron chi connectivity index (χ0n) is 14.0. The average molecular weight is 317 g/mol. The van der Waals surface area contributed by atoms with Gasteiger partial charge in [-0.2, -0.15) is 0 Å². The lowest BCUT2D eigenvalue weighted by Gasteiger charge is -2.17. The van der Waals surface area contributed by atoms with Crippen LogP contribution in [0, 0.1) is 0 Å². The molecule has 0 saturated heterocycles. The molecule has 0 bridgehead atoms. The van der Waals surface area contributed by atoms with E-state index in [0.717, 1.165) is 0 Å². The molecule has 0 fully saturated rings. The fraction of sp³-hybridized carbons (Fsp3) is 0.273. The van der Waals surface area contributed by atoms with Gasteiger partial charge in [-0.3, -0.25) is 0 Å². The Bertz CT molecular complexity index is 730. The standard InChI is InChI=1S/C22H24Si/c1-15-11-17-7-3-5-9-19(17)21(15)13-23-14-22-16(2)12-18-8-4-6-10-20(18)22/h3-12,21-22H,13-14,23H2,1-2H3. The van der Waals surface area contributed by atoms with E-state index in [2.05, 4.69) is 74.5 Å². The Labute approximate surface area is 141 Å². The number of hydrogen-bond acceptors (Lipinski definition) is 0. The summed E-state index contributed by atoms with van der Waals surface area (Å²) in [6.45, 7) is 4.63. The Morgan fingerprint density at radius 3 is 1.61 bits per heavy atom. The van der Waals surface area contributed by atoms with Crippen LogP contribution in [0.1, 0.15) is 47.9 Å². The van der Waals surface area contributed by atoms with Crippen LogP contribution in [0.25, 0.3) is 12.2 Å². The van der Waals surface area contributed by atoms with Crippen LogP contribution in [-0.2, 0) is 0 Å². The van der Waals surface area contributed by atoms with Gasteiger partial charge in [0.2, 0.25) is 0 Å². The number of fused-ring (bicyclic) bond motifs is 2. The molecule has 2 aliphatic carbocycles. The summed E-state index contributed by atoms with van der Waals surface area (Å²) in [5.41, 5.74) is 9.17. The highest BCUT2D eigenvalue weighted by molar-refractivity contribution is 6.36. The monoisotopic (exact) mass is 316 g/mol. The van der Waals surface area contributed by atoms with Crippen LogP contribution in [0.4, 0.5) is 0 Å². The number of rotatable bonds is 4. The molecule has 0 radical (unpaired) electrons. The number of allylic oxidation sites excluding steroid dienone is 2. The lowest BCUT2D eigenvalue weighted by Crippen LogP contribution is -2.06. The first-order valence-corrected chi connectivity index (χ1v) is 10.8. The fourth-order valence-corrected chi connectivity index (χ4v) is 6.98. The Morgan fingerprint density at radius 2 is 1.13 bits per heavy atom. The van der Waals surface area contributed by atoms with Gasteiger partial charge in [-0.1, -0.05) is 83.9 Å². The summed E-state index contributed by atoms with van der Waals surface area (Å²) >= 11 is 0. The molecule has 23 heavy (non-hydrogen) atoms. The second-order valence-electron chi connectivity index (χ2n) is 7.07. The van der Waals surface area contributed by atoms with Gasteiger partial charge in [-0.25, -0.2) is 0 Å². The summed E-state index contributed by atoms with van der Waals surface area (Å²) in [4.78, 5) is 0. The minimum absolute atomic E-state index is 0.0718. The van der Waals surface area contributed by atoms with Crippen molar-refractivity contribution < 1.29 is 0 Å². The first-order valence-electron chi connectivity index (χ1n) is 8.78. The van der Waals surface area contributed by atoms with Gasteiger partial charge in [0.25, 0.3) is 0 Å². The molecule has 2 atom stereocenters. The third-order valence-electron chi connectivity index (χ3n) is 5.59. The van der Waals surface area contributed by atoms with Gasteiger partial charge in [0.05, 0.1) is 0 Å². The predicted octanol–water partition coefficient (Wildman–Crippen LogP) is 5.39. The Kier molecular flexibility index (Phi) is 3.82. The molecule has 2 aromatic rings. The summed E-state index contributed by atoms with van der Waals surface area (Å²) in [5, 5.41) is 0. The second kappa shape index (κ2) is 5.97. The third kappa shape index (κ3) is 2.64. The molecule has 2 aromatic carbocycles. The molecule has 0 spiro atoms. The Balaban J connectivity index is 1.44. The van der Waals surface area contributed by atoms with Crippen molar-refractivity contribution in [3.8, 4) is 0 Å². The topological polar surface area (TPSA) is 0 Å². The van der Waals surface area contributed by atoms with E-state index in [-0.39, 0.29) is 9.52 Å². The Morgan fingerprint density at radius 1 is 0.696 bits per heavy atom. The van der Waals surface area contributed by atoms with E-state index in [1.54, 1.807) is 22.3 Å². The molecule has 1 heteroatoms. The quantitative estimate of drug-likeness (QED) is 0.663. The van der Waals surface area contributed by atoms with Gasteiger partial charge >= 0.3 is 0 Å². The van der Waals surface area contributed by atoms with Gasteiger partial charge in [0, 0.05) is 21.4 Å². The highest BCUT2D eigenvalue weighted by atomic mass is 28.2. The van der Waals surface area contributed by atoms with Crippen molar-refractivity contribution in [1.29, 1.82) is 0 Å². The molecule has 2 aliphatic rings. The highest BCUT2D eigenvalue weighted by Crippen LogP contribution is 2.41. The van der Waals surface area contributed by atoms with Crippen molar-refractivity contribution in [3.05, 3.63) is 81.9 Å². The van der Waals surface area contributed by atoms with Crippen LogP contribution < -0.4 is 0 Å². The normalized spacial score (nSPS) is 22.2. The van der Waals surface area contributed by atoms with Gasteiger partial charge in [-0.05, 0) is 36.1 Å². The molecule has 116 valence electrons. The first kappa shape index (κ1) is 14.7. The maximum absolute atomic E-state index is 2.39. The van der Waals surface area contributed by atoms with Crippen LogP contribution in [0.2, 0.25) is 12.1 Å². The van der Waals surface area contributed by atoms with Crippen LogP contribution >= 0.6 is 0 Å². The van der Waals surface area contributed by atoms with Gasteiger partial charge < -0.3 is 0 Å². The lowest BCUT2D eigenvalue weighted by molar-refractivity contribution is 0.876. The zero-order chi connectivity index (χ0) is 15.8. The summed E-state index contributed by atoms with van der Waals surface area (Å²) < 4.78 is 0. The summed E-state index contributed by atoms with van der Waals surface area (Å²) in [7, 11) is -0.0718. The van der Waals surface area contributed by atoms with Gasteiger partial charge in [0.1, 0.15) is 0 Å². The largest absolute Gasteiger partial charge is 0.0655 e. The highest BCUT2D eigenvalue weighted by Gasteiger charge is 2.25. The van der Waals surface area contributed by atoms with E-state index in [1.165, 1.54) is 23.2 Å². The molecular weight excluding hydrogens is 292 g/mol. The summed E-state index contributed by atoms with van der Waals surface area (Å²) in [6.07, 6.45) is 4.79. The smallest absolute Gasteiger partial charge is 0.0218 e. The average Bonchev–Trinajstić information content (AvgIpc) is 3.04. The van der Waals surface area contributed by atoms with Crippen molar-refractivity contribution in [1.82, 2.24) is 0 Å². The van der Waals surface area contributed by atoms with Crippen molar-refractivity contribution in [3.63, 3.8) is 0 Å². The molecule has 0 nitrogen and oxygen atoms in total. The third-order valence-corrected chi connectivity index (χ3v) is 7.57. The zero-order valence-corrected chi connectivity index (χ0v) is 15.5. The molecule has 0 aliphatic heterocycles. The van der Waals surface area contributed by atoms with E-state index >= 15 is 0 Å². The summed E-state index contributed by atoms with van der Waals surface area (Å²) in [6, 6.07) is 20.7. The van der Waals surface area contributed by atoms with E-state index in [0.29, 0.717) is 11.8 Å². The molecule has 0 amide bonds. The van der Waals surface area contributed by atoms with Crippen molar-refractivity contribution in [2.24, 2.45) is 0 Å².